The van der Waals surface area contributed by atoms with Crippen molar-refractivity contribution < 1.29 is 12.8 Å². The lowest BCUT2D eigenvalue weighted by Gasteiger charge is -2.39. The van der Waals surface area contributed by atoms with Crippen LogP contribution in [-0.4, -0.2) is 43.3 Å². The smallest absolute Gasteiger partial charge is 0.243 e. The highest BCUT2D eigenvalue weighted by Crippen LogP contribution is 2.22. The van der Waals surface area contributed by atoms with E-state index in [-0.39, 0.29) is 16.8 Å². The van der Waals surface area contributed by atoms with Crippen LogP contribution < -0.4 is 0 Å². The minimum absolute atomic E-state index is 0.116. The topological polar surface area (TPSA) is 40.6 Å². The van der Waals surface area contributed by atoms with Crippen LogP contribution in [0.4, 0.5) is 4.39 Å². The van der Waals surface area contributed by atoms with Crippen LogP contribution in [0, 0.1) is 12.7 Å². The van der Waals surface area contributed by atoms with Gasteiger partial charge in [0, 0.05) is 32.2 Å². The molecule has 1 aliphatic heterocycles. The number of halogens is 1. The molecule has 0 amide bonds. The van der Waals surface area contributed by atoms with Crippen LogP contribution in [0.25, 0.3) is 0 Å². The van der Waals surface area contributed by atoms with E-state index in [0.717, 1.165) is 6.54 Å². The van der Waals surface area contributed by atoms with E-state index in [9.17, 15) is 12.8 Å². The van der Waals surface area contributed by atoms with E-state index in [0.29, 0.717) is 25.2 Å². The van der Waals surface area contributed by atoms with Crippen LogP contribution in [-0.2, 0) is 16.6 Å². The molecule has 0 aromatic heterocycles. The molecule has 3 rings (SSSR count). The zero-order valence-corrected chi connectivity index (χ0v) is 15.3. The van der Waals surface area contributed by atoms with Crippen molar-refractivity contribution in [1.82, 2.24) is 9.21 Å². The second-order valence-corrected chi connectivity index (χ2v) is 8.52. The third-order valence-corrected chi connectivity index (χ3v) is 6.58. The van der Waals surface area contributed by atoms with E-state index in [2.05, 4.69) is 17.0 Å². The Hall–Kier alpha value is -1.76. The zero-order chi connectivity index (χ0) is 18.0. The van der Waals surface area contributed by atoms with Gasteiger partial charge >= 0.3 is 0 Å². The molecule has 6 heteroatoms. The number of hydrogen-bond acceptors (Lipinski definition) is 3. The van der Waals surface area contributed by atoms with E-state index < -0.39 is 10.0 Å². The lowest BCUT2D eigenvalue weighted by atomic mass is 10.1. The van der Waals surface area contributed by atoms with Crippen LogP contribution in [0.3, 0.4) is 0 Å². The Bertz CT molecular complexity index is 840. The van der Waals surface area contributed by atoms with Crippen molar-refractivity contribution in [2.24, 2.45) is 0 Å². The van der Waals surface area contributed by atoms with Gasteiger partial charge in [-0.1, -0.05) is 30.3 Å². The van der Waals surface area contributed by atoms with E-state index in [1.807, 2.05) is 25.1 Å². The number of nitrogens with zero attached hydrogens (tertiary/aromatic N) is 2. The van der Waals surface area contributed by atoms with E-state index in [1.54, 1.807) is 6.92 Å². The molecule has 25 heavy (non-hydrogen) atoms. The molecule has 1 atom stereocenters. The van der Waals surface area contributed by atoms with Crippen molar-refractivity contribution in [1.29, 1.82) is 0 Å². The molecule has 134 valence electrons. The van der Waals surface area contributed by atoms with Gasteiger partial charge in [0.2, 0.25) is 10.0 Å². The van der Waals surface area contributed by atoms with E-state index in [1.165, 1.54) is 28.1 Å². The molecule has 0 spiro atoms. The fourth-order valence-electron chi connectivity index (χ4n) is 3.16. The van der Waals surface area contributed by atoms with Gasteiger partial charge in [0.1, 0.15) is 5.82 Å². The number of benzene rings is 2. The lowest BCUT2D eigenvalue weighted by molar-refractivity contribution is 0.122. The first-order chi connectivity index (χ1) is 11.9. The summed E-state index contributed by atoms with van der Waals surface area (Å²) >= 11 is 0. The predicted octanol–water partition coefficient (Wildman–Crippen LogP) is 3.03. The molecule has 4 nitrogen and oxygen atoms in total. The van der Waals surface area contributed by atoms with Gasteiger partial charge in [0.05, 0.1) is 4.90 Å². The Morgan fingerprint density at radius 2 is 1.84 bits per heavy atom. The van der Waals surface area contributed by atoms with Crippen LogP contribution >= 0.6 is 0 Å². The summed E-state index contributed by atoms with van der Waals surface area (Å²) < 4.78 is 40.6. The molecular weight excluding hydrogens is 339 g/mol. The number of hydrogen-bond donors (Lipinski definition) is 0. The van der Waals surface area contributed by atoms with E-state index in [4.69, 9.17) is 0 Å². The normalized spacial score (nSPS) is 19.9. The highest BCUT2D eigenvalue weighted by Gasteiger charge is 2.32. The highest BCUT2D eigenvalue weighted by atomic mass is 32.2. The van der Waals surface area contributed by atoms with Crippen LogP contribution in [0.1, 0.15) is 18.1 Å². The van der Waals surface area contributed by atoms with Gasteiger partial charge in [-0.2, -0.15) is 4.31 Å². The molecule has 2 aromatic carbocycles. The van der Waals surface area contributed by atoms with Gasteiger partial charge in [-0.15, -0.1) is 0 Å². The summed E-state index contributed by atoms with van der Waals surface area (Å²) in [6.07, 6.45) is 0. The molecule has 0 radical (unpaired) electrons. The average Bonchev–Trinajstić information content (AvgIpc) is 2.60. The summed E-state index contributed by atoms with van der Waals surface area (Å²) in [7, 11) is -3.59. The summed E-state index contributed by atoms with van der Waals surface area (Å²) in [6, 6.07) is 14.3. The van der Waals surface area contributed by atoms with Crippen molar-refractivity contribution in [2.45, 2.75) is 31.3 Å². The largest absolute Gasteiger partial charge is 0.294 e. The molecule has 1 fully saturated rings. The summed E-state index contributed by atoms with van der Waals surface area (Å²) in [4.78, 5) is 2.45. The number of rotatable bonds is 4. The van der Waals surface area contributed by atoms with Crippen molar-refractivity contribution in [3.63, 3.8) is 0 Å². The molecule has 0 saturated carbocycles. The number of sulfonamides is 1. The third-order valence-electron chi connectivity index (χ3n) is 4.72. The first-order valence-electron chi connectivity index (χ1n) is 8.42. The van der Waals surface area contributed by atoms with Crippen molar-refractivity contribution in [3.8, 4) is 0 Å². The molecule has 1 heterocycles. The molecule has 0 bridgehead atoms. The van der Waals surface area contributed by atoms with Gasteiger partial charge in [0.25, 0.3) is 0 Å². The van der Waals surface area contributed by atoms with Crippen LogP contribution in [0.15, 0.2) is 53.4 Å². The van der Waals surface area contributed by atoms with Gasteiger partial charge in [-0.25, -0.2) is 12.8 Å². The average molecular weight is 362 g/mol. The van der Waals surface area contributed by atoms with Crippen LogP contribution in [0.5, 0.6) is 0 Å². The van der Waals surface area contributed by atoms with E-state index >= 15 is 0 Å². The quantitative estimate of drug-likeness (QED) is 0.839. The summed E-state index contributed by atoms with van der Waals surface area (Å²) in [5, 5.41) is 0. The fourth-order valence-corrected chi connectivity index (χ4v) is 4.76. The Labute approximate surface area is 148 Å². The minimum atomic E-state index is -3.59. The molecule has 2 aromatic rings. The van der Waals surface area contributed by atoms with Gasteiger partial charge in [0.15, 0.2) is 0 Å². The second-order valence-electron chi connectivity index (χ2n) is 6.58. The Balaban J connectivity index is 1.72. The van der Waals surface area contributed by atoms with Gasteiger partial charge < -0.3 is 0 Å². The molecular formula is C19H23FN2O2S. The zero-order valence-electron chi connectivity index (χ0n) is 14.5. The Kier molecular flexibility index (Phi) is 5.22. The fraction of sp³-hybridized carbons (Fsp3) is 0.368. The molecule has 0 N–H and O–H groups in total. The van der Waals surface area contributed by atoms with Crippen molar-refractivity contribution in [2.75, 3.05) is 19.6 Å². The number of aryl methyl sites for hydroxylation is 1. The molecule has 1 unspecified atom stereocenters. The first-order valence-corrected chi connectivity index (χ1v) is 9.86. The van der Waals surface area contributed by atoms with Crippen molar-refractivity contribution in [3.05, 3.63) is 65.5 Å². The van der Waals surface area contributed by atoms with Gasteiger partial charge in [-0.05, 0) is 43.2 Å². The predicted molar refractivity (Wildman–Crippen MR) is 96.2 cm³/mol. The van der Waals surface area contributed by atoms with Crippen LogP contribution in [0.2, 0.25) is 0 Å². The maximum absolute atomic E-state index is 13.4. The Morgan fingerprint density at radius 1 is 1.12 bits per heavy atom. The molecule has 1 saturated heterocycles. The second kappa shape index (κ2) is 7.23. The number of piperazine rings is 1. The monoisotopic (exact) mass is 362 g/mol. The lowest BCUT2D eigenvalue weighted by Crippen LogP contribution is -2.53. The van der Waals surface area contributed by atoms with Crippen molar-refractivity contribution >= 4 is 10.0 Å². The summed E-state index contributed by atoms with van der Waals surface area (Å²) in [5.74, 6) is -0.389. The Morgan fingerprint density at radius 3 is 2.48 bits per heavy atom. The maximum Gasteiger partial charge on any atom is 0.243 e. The SMILES string of the molecule is Cc1cc(S(=O)(=O)N2CCN(Cc3ccccc3)C(C)C2)ccc1F. The maximum atomic E-state index is 13.4. The molecule has 0 aliphatic carbocycles. The minimum Gasteiger partial charge on any atom is -0.294 e. The standard InChI is InChI=1S/C19H23FN2O2S/c1-15-12-18(8-9-19(15)20)25(23,24)22-11-10-21(16(2)13-22)14-17-6-4-3-5-7-17/h3-9,12,16H,10-11,13-14H2,1-2H3. The summed E-state index contributed by atoms with van der Waals surface area (Å²) in [6.45, 7) is 5.98. The summed E-state index contributed by atoms with van der Waals surface area (Å²) in [5.41, 5.74) is 1.57. The van der Waals surface area contributed by atoms with Gasteiger partial charge in [-0.3, -0.25) is 4.90 Å². The molecule has 1 aliphatic rings. The first kappa shape index (κ1) is 18.0. The third kappa shape index (κ3) is 3.92. The highest BCUT2D eigenvalue weighted by molar-refractivity contribution is 7.89.